The zero-order valence-electron chi connectivity index (χ0n) is 17.0. The van der Waals surface area contributed by atoms with Crippen molar-refractivity contribution in [3.8, 4) is 0 Å². The molecule has 0 aliphatic rings. The Morgan fingerprint density at radius 1 is 0.600 bits per heavy atom. The van der Waals surface area contributed by atoms with Gasteiger partial charge in [-0.05, 0) is 17.8 Å². The minimum absolute atomic E-state index is 0.790. The lowest BCUT2D eigenvalue weighted by Crippen LogP contribution is -2.34. The van der Waals surface area contributed by atoms with E-state index in [1.165, 1.54) is 26.1 Å². The van der Waals surface area contributed by atoms with Gasteiger partial charge in [-0.25, -0.2) is 0 Å². The van der Waals surface area contributed by atoms with Crippen LogP contribution in [-0.2, 0) is 0 Å². The van der Waals surface area contributed by atoms with Crippen molar-refractivity contribution in [1.82, 2.24) is 4.90 Å². The van der Waals surface area contributed by atoms with E-state index in [0.29, 0.717) is 0 Å². The number of hydrogen-bond acceptors (Lipinski definition) is 1. The molecule has 0 rings (SSSR count). The van der Waals surface area contributed by atoms with Crippen LogP contribution in [0.1, 0.15) is 89.5 Å². The van der Waals surface area contributed by atoms with Gasteiger partial charge in [0.2, 0.25) is 0 Å². The summed E-state index contributed by atoms with van der Waals surface area (Å²) in [7, 11) is 0. The molecule has 0 aliphatic heterocycles. The first-order valence-corrected chi connectivity index (χ1v) is 9.18. The summed E-state index contributed by atoms with van der Waals surface area (Å²) in [6.45, 7) is 29.7. The van der Waals surface area contributed by atoms with Gasteiger partial charge in [0.15, 0.2) is 0 Å². The molecule has 0 aromatic carbocycles. The highest BCUT2D eigenvalue weighted by atomic mass is 15.1. The summed E-state index contributed by atoms with van der Waals surface area (Å²) in [5, 5.41) is 0. The van der Waals surface area contributed by atoms with Crippen LogP contribution in [0.25, 0.3) is 0 Å². The molecule has 1 unspecified atom stereocenters. The third-order valence-corrected chi connectivity index (χ3v) is 2.51. The monoisotopic (exact) mass is 289 g/mol. The van der Waals surface area contributed by atoms with Crippen molar-refractivity contribution in [3.63, 3.8) is 0 Å². The first-order chi connectivity index (χ1) is 9.45. The zero-order valence-corrected chi connectivity index (χ0v) is 17.0. The Hall–Kier alpha value is -0.0400. The molecule has 0 radical (unpaired) electrons. The van der Waals surface area contributed by atoms with E-state index >= 15 is 0 Å². The van der Waals surface area contributed by atoms with Gasteiger partial charge in [-0.2, -0.15) is 0 Å². The second-order valence-corrected chi connectivity index (χ2v) is 5.52. The highest BCUT2D eigenvalue weighted by molar-refractivity contribution is 4.65. The highest BCUT2D eigenvalue weighted by Crippen LogP contribution is 2.09. The molecule has 0 aromatic heterocycles. The lowest BCUT2D eigenvalue weighted by atomic mass is 10.1. The smallest absolute Gasteiger partial charge is 0.000714 e. The van der Waals surface area contributed by atoms with Crippen LogP contribution >= 0.6 is 0 Å². The molecule has 0 spiro atoms. The number of nitrogens with zero attached hydrogens (tertiary/aromatic N) is 1. The molecular formula is C19H47N. The van der Waals surface area contributed by atoms with Crippen molar-refractivity contribution in [2.24, 2.45) is 17.8 Å². The van der Waals surface area contributed by atoms with Gasteiger partial charge < -0.3 is 4.90 Å². The van der Waals surface area contributed by atoms with E-state index in [9.17, 15) is 0 Å². The lowest BCUT2D eigenvalue weighted by molar-refractivity contribution is 0.191. The van der Waals surface area contributed by atoms with Gasteiger partial charge >= 0.3 is 0 Å². The van der Waals surface area contributed by atoms with E-state index in [-0.39, 0.29) is 0 Å². The molecule has 0 aromatic rings. The number of rotatable bonds is 7. The second-order valence-electron chi connectivity index (χ2n) is 5.52. The van der Waals surface area contributed by atoms with E-state index in [1.807, 2.05) is 41.5 Å². The summed E-state index contributed by atoms with van der Waals surface area (Å²) in [5.41, 5.74) is 0. The molecule has 0 heterocycles. The summed E-state index contributed by atoms with van der Waals surface area (Å²) < 4.78 is 0. The van der Waals surface area contributed by atoms with Gasteiger partial charge in [0.1, 0.15) is 0 Å². The van der Waals surface area contributed by atoms with E-state index in [1.54, 1.807) is 0 Å². The van der Waals surface area contributed by atoms with Gasteiger partial charge in [-0.15, -0.1) is 0 Å². The van der Waals surface area contributed by atoms with E-state index in [2.05, 4.69) is 46.4 Å². The number of hydrogen-bond donors (Lipinski definition) is 0. The Labute approximate surface area is 132 Å². The predicted octanol–water partition coefficient (Wildman–Crippen LogP) is 6.73. The Morgan fingerprint density at radius 2 is 0.900 bits per heavy atom. The zero-order chi connectivity index (χ0) is 17.1. The molecule has 1 atom stereocenters. The quantitative estimate of drug-likeness (QED) is 0.502. The maximum Gasteiger partial charge on any atom is 0.000714 e. The molecule has 1 heteroatoms. The van der Waals surface area contributed by atoms with Crippen LogP contribution in [-0.4, -0.2) is 24.5 Å². The molecule has 0 amide bonds. The van der Waals surface area contributed by atoms with Crippen molar-refractivity contribution in [2.75, 3.05) is 19.6 Å². The highest BCUT2D eigenvalue weighted by Gasteiger charge is 2.11. The van der Waals surface area contributed by atoms with Crippen molar-refractivity contribution in [1.29, 1.82) is 0 Å². The fraction of sp³-hybridized carbons (Fsp3) is 1.00. The average Bonchev–Trinajstić information content (AvgIpc) is 2.43. The Balaban J connectivity index is -0.000000187. The van der Waals surface area contributed by atoms with Crippen LogP contribution in [0.15, 0.2) is 0 Å². The second kappa shape index (κ2) is 24.0. The summed E-state index contributed by atoms with van der Waals surface area (Å²) in [4.78, 5) is 2.63. The Kier molecular flexibility index (Phi) is 33.8. The molecule has 0 fully saturated rings. The molecule has 128 valence electrons. The minimum atomic E-state index is 0.790. The maximum atomic E-state index is 2.63. The van der Waals surface area contributed by atoms with Crippen molar-refractivity contribution >= 4 is 0 Å². The van der Waals surface area contributed by atoms with Gasteiger partial charge in [0, 0.05) is 19.6 Å². The fourth-order valence-corrected chi connectivity index (χ4v) is 1.83. The van der Waals surface area contributed by atoms with Crippen molar-refractivity contribution in [2.45, 2.75) is 89.5 Å². The van der Waals surface area contributed by atoms with Crippen LogP contribution < -0.4 is 0 Å². The molecule has 0 bridgehead atoms. The maximum absolute atomic E-state index is 2.63. The third kappa shape index (κ3) is 26.5. The molecule has 0 N–H and O–H groups in total. The van der Waals surface area contributed by atoms with Gasteiger partial charge in [0.05, 0.1) is 0 Å². The van der Waals surface area contributed by atoms with Gasteiger partial charge in [0.25, 0.3) is 0 Å². The van der Waals surface area contributed by atoms with E-state index < -0.39 is 0 Å². The lowest BCUT2D eigenvalue weighted by Gasteiger charge is -2.28. The van der Waals surface area contributed by atoms with Crippen LogP contribution in [0.3, 0.4) is 0 Å². The van der Waals surface area contributed by atoms with Crippen molar-refractivity contribution in [3.05, 3.63) is 0 Å². The predicted molar refractivity (Wildman–Crippen MR) is 99.6 cm³/mol. The van der Waals surface area contributed by atoms with Crippen LogP contribution in [0.5, 0.6) is 0 Å². The summed E-state index contributed by atoms with van der Waals surface area (Å²) in [6.07, 6.45) is 1.30. The van der Waals surface area contributed by atoms with Crippen molar-refractivity contribution < 1.29 is 0 Å². The topological polar surface area (TPSA) is 3.24 Å². The SMILES string of the molecule is CC.CC.CC.CCC(C)CN(CC(C)C)CC(C)C. The molecule has 20 heavy (non-hydrogen) atoms. The van der Waals surface area contributed by atoms with E-state index in [0.717, 1.165) is 17.8 Å². The first kappa shape index (κ1) is 28.2. The summed E-state index contributed by atoms with van der Waals surface area (Å²) >= 11 is 0. The Morgan fingerprint density at radius 3 is 1.10 bits per heavy atom. The van der Waals surface area contributed by atoms with E-state index in [4.69, 9.17) is 0 Å². The Bertz CT molecular complexity index is 120. The summed E-state index contributed by atoms with van der Waals surface area (Å²) in [6, 6.07) is 0. The molecule has 0 saturated carbocycles. The summed E-state index contributed by atoms with van der Waals surface area (Å²) in [5.74, 6) is 2.42. The van der Waals surface area contributed by atoms with Gasteiger partial charge in [-0.3, -0.25) is 0 Å². The third-order valence-electron chi connectivity index (χ3n) is 2.51. The largest absolute Gasteiger partial charge is 0.303 e. The standard InChI is InChI=1S/C13H29N.3C2H6/c1-7-13(6)10-14(8-11(2)3)9-12(4)5;3*1-2/h11-13H,7-10H2,1-6H3;3*1-2H3. The van der Waals surface area contributed by atoms with Crippen LogP contribution in [0, 0.1) is 17.8 Å². The molecule has 1 nitrogen and oxygen atoms in total. The molecular weight excluding hydrogens is 242 g/mol. The van der Waals surface area contributed by atoms with Gasteiger partial charge in [-0.1, -0.05) is 89.5 Å². The fourth-order valence-electron chi connectivity index (χ4n) is 1.83. The molecule has 0 saturated heterocycles. The first-order valence-electron chi connectivity index (χ1n) is 9.18. The van der Waals surface area contributed by atoms with Crippen LogP contribution in [0.4, 0.5) is 0 Å². The normalized spacial score (nSPS) is 10.9. The minimum Gasteiger partial charge on any atom is -0.303 e. The molecule has 0 aliphatic carbocycles. The average molecular weight is 290 g/mol. The van der Waals surface area contributed by atoms with Crippen LogP contribution in [0.2, 0.25) is 0 Å².